The predicted octanol–water partition coefficient (Wildman–Crippen LogP) is 2.87. The molecule has 0 radical (unpaired) electrons. The van der Waals surface area contributed by atoms with Crippen LogP contribution in [-0.4, -0.2) is 47.3 Å². The van der Waals surface area contributed by atoms with Gasteiger partial charge in [0.2, 0.25) is 0 Å². The van der Waals surface area contributed by atoms with Gasteiger partial charge in [0.15, 0.2) is 0 Å². The van der Waals surface area contributed by atoms with Crippen LogP contribution in [0.15, 0.2) is 54.6 Å². The van der Waals surface area contributed by atoms with Crippen LogP contribution in [0.3, 0.4) is 0 Å². The Morgan fingerprint density at radius 3 is 2.56 bits per heavy atom. The molecular weight excluding hydrogens is 356 g/mol. The van der Waals surface area contributed by atoms with Gasteiger partial charge in [-0.15, -0.1) is 11.8 Å². The van der Waals surface area contributed by atoms with Gasteiger partial charge in [-0.3, -0.25) is 4.79 Å². The number of thioether (sulfide) groups is 1. The number of amides is 1. The minimum Gasteiger partial charge on any atom is -0.508 e. The Morgan fingerprint density at radius 1 is 1.22 bits per heavy atom. The Labute approximate surface area is 165 Å². The van der Waals surface area contributed by atoms with Crippen molar-refractivity contribution in [1.82, 2.24) is 10.2 Å². The van der Waals surface area contributed by atoms with Crippen molar-refractivity contribution in [3.8, 4) is 17.6 Å². The predicted molar refractivity (Wildman–Crippen MR) is 111 cm³/mol. The summed E-state index contributed by atoms with van der Waals surface area (Å²) in [6.07, 6.45) is 1.04. The molecule has 0 aromatic heterocycles. The largest absolute Gasteiger partial charge is 0.508 e. The van der Waals surface area contributed by atoms with E-state index >= 15 is 0 Å². The second-order valence-corrected chi connectivity index (χ2v) is 8.39. The average molecular weight is 381 g/mol. The second kappa shape index (κ2) is 8.51. The molecule has 5 heteroatoms. The average Bonchev–Trinajstić information content (AvgIpc) is 3.40. The van der Waals surface area contributed by atoms with Crippen LogP contribution < -0.4 is 5.32 Å². The summed E-state index contributed by atoms with van der Waals surface area (Å²) in [6.45, 7) is 0.598. The molecule has 0 spiro atoms. The van der Waals surface area contributed by atoms with Gasteiger partial charge in [-0.2, -0.15) is 0 Å². The van der Waals surface area contributed by atoms with E-state index in [1.165, 1.54) is 0 Å². The van der Waals surface area contributed by atoms with Crippen molar-refractivity contribution in [3.63, 3.8) is 0 Å². The maximum atomic E-state index is 12.1. The molecule has 3 rings (SSSR count). The maximum Gasteiger partial charge on any atom is 0.296 e. The van der Waals surface area contributed by atoms with Crippen LogP contribution in [0.1, 0.15) is 17.5 Å². The number of benzene rings is 2. The molecule has 0 bridgehead atoms. The molecule has 0 saturated heterocycles. The molecule has 1 aliphatic carbocycles. The molecule has 140 valence electrons. The quantitative estimate of drug-likeness (QED) is 0.757. The van der Waals surface area contributed by atoms with Crippen molar-refractivity contribution in [3.05, 3.63) is 65.7 Å². The lowest BCUT2D eigenvalue weighted by molar-refractivity contribution is -0.115. The number of hydrogen-bond donors (Lipinski definition) is 2. The highest BCUT2D eigenvalue weighted by Crippen LogP contribution is 2.51. The third-order valence-corrected chi connectivity index (χ3v) is 6.35. The molecule has 1 amide bonds. The molecule has 0 heterocycles. The van der Waals surface area contributed by atoms with E-state index in [9.17, 15) is 9.90 Å². The summed E-state index contributed by atoms with van der Waals surface area (Å²) in [5.74, 6) is 6.45. The topological polar surface area (TPSA) is 52.6 Å². The van der Waals surface area contributed by atoms with Gasteiger partial charge in [-0.1, -0.05) is 36.3 Å². The fraction of sp³-hybridized carbons (Fsp3) is 0.318. The number of rotatable bonds is 6. The highest BCUT2D eigenvalue weighted by molar-refractivity contribution is 8.00. The van der Waals surface area contributed by atoms with Crippen LogP contribution >= 0.6 is 11.8 Å². The zero-order chi connectivity index (χ0) is 19.3. The maximum absolute atomic E-state index is 12.1. The number of nitrogens with one attached hydrogen (secondary N) is 1. The first-order valence-electron chi connectivity index (χ1n) is 8.92. The van der Waals surface area contributed by atoms with E-state index in [0.717, 1.165) is 23.3 Å². The third kappa shape index (κ3) is 5.29. The van der Waals surface area contributed by atoms with Gasteiger partial charge in [0.1, 0.15) is 5.75 Å². The van der Waals surface area contributed by atoms with Crippen molar-refractivity contribution in [2.45, 2.75) is 23.0 Å². The number of phenolic OH excluding ortho intramolecular Hbond substituents is 1. The lowest BCUT2D eigenvalue weighted by Crippen LogP contribution is -2.36. The Hall–Kier alpha value is -2.42. The van der Waals surface area contributed by atoms with Crippen molar-refractivity contribution in [2.75, 3.05) is 20.6 Å². The molecule has 2 atom stereocenters. The van der Waals surface area contributed by atoms with E-state index in [4.69, 9.17) is 0 Å². The van der Waals surface area contributed by atoms with Crippen molar-refractivity contribution >= 4 is 17.7 Å². The number of phenols is 1. The molecule has 2 aromatic carbocycles. The molecule has 1 aliphatic rings. The number of hydrogen-bond acceptors (Lipinski definition) is 4. The highest BCUT2D eigenvalue weighted by atomic mass is 32.2. The Morgan fingerprint density at radius 2 is 1.93 bits per heavy atom. The molecule has 2 unspecified atom stereocenters. The number of carbonyl (C=O) groups is 1. The summed E-state index contributed by atoms with van der Waals surface area (Å²) in [6, 6.07) is 17.2. The van der Waals surface area contributed by atoms with E-state index < -0.39 is 0 Å². The molecule has 2 N–H and O–H groups in total. The Bertz CT molecular complexity index is 840. The summed E-state index contributed by atoms with van der Waals surface area (Å²) in [4.78, 5) is 14.4. The Balaban J connectivity index is 1.58. The summed E-state index contributed by atoms with van der Waals surface area (Å²) in [5.41, 5.74) is 2.00. The van der Waals surface area contributed by atoms with Crippen LogP contribution in [0.2, 0.25) is 0 Å². The minimum atomic E-state index is -0.243. The molecule has 4 nitrogen and oxygen atoms in total. The van der Waals surface area contributed by atoms with Crippen LogP contribution in [0.25, 0.3) is 0 Å². The second-order valence-electron chi connectivity index (χ2n) is 7.00. The first-order valence-corrected chi connectivity index (χ1v) is 9.90. The fourth-order valence-electron chi connectivity index (χ4n) is 3.06. The zero-order valence-electron chi connectivity index (χ0n) is 15.6. The first-order chi connectivity index (χ1) is 13.0. The lowest BCUT2D eigenvalue weighted by atomic mass is 10.2. The van der Waals surface area contributed by atoms with Gasteiger partial charge in [0, 0.05) is 29.8 Å². The standard InChI is InChI=1S/C22H24N2O2S/c1-24(2)20-14-22(20,27-15-18-8-11-19(25)12-9-18)16-23-21(26)13-10-17-6-4-3-5-7-17/h3-9,11-12,20,25H,14-16H2,1-2H3,(H,23,26). The number of carbonyl (C=O) groups excluding carboxylic acids is 1. The first kappa shape index (κ1) is 19.3. The van der Waals surface area contributed by atoms with Gasteiger partial charge in [0.05, 0.1) is 4.75 Å². The van der Waals surface area contributed by atoms with Crippen LogP contribution in [0, 0.1) is 11.8 Å². The van der Waals surface area contributed by atoms with Crippen LogP contribution in [-0.2, 0) is 10.5 Å². The van der Waals surface area contributed by atoms with E-state index in [2.05, 4.69) is 36.2 Å². The third-order valence-electron chi connectivity index (χ3n) is 4.71. The lowest BCUT2D eigenvalue weighted by Gasteiger charge is -2.20. The van der Waals surface area contributed by atoms with Gasteiger partial charge >= 0.3 is 0 Å². The SMILES string of the molecule is CN(C)C1CC1(CNC(=O)C#Cc1ccccc1)SCc1ccc(O)cc1. The van der Waals surface area contributed by atoms with Gasteiger partial charge in [-0.25, -0.2) is 0 Å². The zero-order valence-corrected chi connectivity index (χ0v) is 16.4. The van der Waals surface area contributed by atoms with Gasteiger partial charge < -0.3 is 15.3 Å². The summed E-state index contributed by atoms with van der Waals surface area (Å²) < 4.78 is 0.00543. The molecule has 2 aromatic rings. The van der Waals surface area contributed by atoms with E-state index in [0.29, 0.717) is 12.6 Å². The molecule has 1 fully saturated rings. The normalized spacial score (nSPS) is 20.6. The molecule has 0 aliphatic heterocycles. The minimum absolute atomic E-state index is 0.00543. The van der Waals surface area contributed by atoms with E-state index in [-0.39, 0.29) is 16.4 Å². The van der Waals surface area contributed by atoms with Crippen molar-refractivity contribution in [2.24, 2.45) is 0 Å². The van der Waals surface area contributed by atoms with Gasteiger partial charge in [-0.05, 0) is 50.3 Å². The van der Waals surface area contributed by atoms with Crippen LogP contribution in [0.5, 0.6) is 5.75 Å². The monoisotopic (exact) mass is 380 g/mol. The van der Waals surface area contributed by atoms with Gasteiger partial charge in [0.25, 0.3) is 5.91 Å². The summed E-state index contributed by atoms with van der Waals surface area (Å²) in [5, 5.41) is 12.4. The fourth-order valence-corrected chi connectivity index (χ4v) is 4.56. The molecule has 27 heavy (non-hydrogen) atoms. The Kier molecular flexibility index (Phi) is 6.10. The molecule has 1 saturated carbocycles. The number of nitrogens with zero attached hydrogens (tertiary/aromatic N) is 1. The van der Waals surface area contributed by atoms with Crippen molar-refractivity contribution in [1.29, 1.82) is 0 Å². The number of aromatic hydroxyl groups is 1. The highest BCUT2D eigenvalue weighted by Gasteiger charge is 2.55. The van der Waals surface area contributed by atoms with E-state index in [1.54, 1.807) is 12.1 Å². The summed E-state index contributed by atoms with van der Waals surface area (Å²) in [7, 11) is 4.15. The summed E-state index contributed by atoms with van der Waals surface area (Å²) >= 11 is 1.86. The van der Waals surface area contributed by atoms with Crippen LogP contribution in [0.4, 0.5) is 0 Å². The molecular formula is C22H24N2O2S. The van der Waals surface area contributed by atoms with E-state index in [1.807, 2.05) is 54.2 Å². The van der Waals surface area contributed by atoms with Crippen molar-refractivity contribution < 1.29 is 9.90 Å². The smallest absolute Gasteiger partial charge is 0.296 e.